The number of anilines is 2. The molecule has 0 N–H and O–H groups in total. The molecular weight excluding hydrogens is 444 g/mol. The Morgan fingerprint density at radius 1 is 1.12 bits per heavy atom. The van der Waals surface area contributed by atoms with Gasteiger partial charge in [-0.15, -0.1) is 10.2 Å². The van der Waals surface area contributed by atoms with E-state index in [2.05, 4.69) is 34.5 Å². The molecule has 2 saturated heterocycles. The summed E-state index contributed by atoms with van der Waals surface area (Å²) >= 11 is 6.30. The first-order valence-corrected chi connectivity index (χ1v) is 11.2. The van der Waals surface area contributed by atoms with Crippen molar-refractivity contribution in [1.29, 1.82) is 0 Å². The smallest absolute Gasteiger partial charge is 0.410 e. The summed E-state index contributed by atoms with van der Waals surface area (Å²) in [6, 6.07) is 7.23. The summed E-state index contributed by atoms with van der Waals surface area (Å²) < 4.78 is 7.09. The largest absolute Gasteiger partial charge is 0.453 e. The number of hydrogen-bond acceptors (Lipinski definition) is 8. The van der Waals surface area contributed by atoms with E-state index in [1.807, 2.05) is 31.2 Å². The third-order valence-electron chi connectivity index (χ3n) is 6.77. The molecule has 3 aliphatic rings. The van der Waals surface area contributed by atoms with Crippen molar-refractivity contribution in [3.05, 3.63) is 53.1 Å². The van der Waals surface area contributed by atoms with Gasteiger partial charge in [-0.1, -0.05) is 11.6 Å². The number of carbonyl (C=O) groups excluding carboxylic acids is 1. The van der Waals surface area contributed by atoms with Crippen molar-refractivity contribution in [2.24, 2.45) is 5.41 Å². The Bertz CT molecular complexity index is 1220. The van der Waals surface area contributed by atoms with Crippen LogP contribution < -0.4 is 9.80 Å². The molecule has 6 rings (SSSR count). The van der Waals surface area contributed by atoms with Gasteiger partial charge in [0.05, 0.1) is 25.4 Å². The van der Waals surface area contributed by atoms with Crippen LogP contribution in [0.25, 0.3) is 5.69 Å². The molecular formula is C22H23ClN8O2. The monoisotopic (exact) mass is 466 g/mol. The fourth-order valence-electron chi connectivity index (χ4n) is 5.16. The molecule has 33 heavy (non-hydrogen) atoms. The minimum absolute atomic E-state index is 0.211. The van der Waals surface area contributed by atoms with Gasteiger partial charge in [0.25, 0.3) is 0 Å². The number of rotatable bonds is 2. The van der Waals surface area contributed by atoms with Crippen molar-refractivity contribution in [2.45, 2.75) is 19.5 Å². The van der Waals surface area contributed by atoms with Gasteiger partial charge in [-0.05, 0) is 36.8 Å². The quantitative estimate of drug-likeness (QED) is 0.569. The molecule has 0 bridgehead atoms. The Labute approximate surface area is 195 Å². The van der Waals surface area contributed by atoms with Crippen LogP contribution in [0.1, 0.15) is 24.4 Å². The fourth-order valence-corrected chi connectivity index (χ4v) is 5.35. The molecule has 11 heteroatoms. The molecule has 3 aliphatic heterocycles. The minimum Gasteiger partial charge on any atom is -0.453 e. The predicted octanol–water partition coefficient (Wildman–Crippen LogP) is 2.68. The lowest BCUT2D eigenvalue weighted by Crippen LogP contribution is -2.73. The first-order chi connectivity index (χ1) is 16.0. The number of amides is 1. The average Bonchev–Trinajstić information content (AvgIpc) is 3.15. The molecule has 2 fully saturated rings. The van der Waals surface area contributed by atoms with Gasteiger partial charge in [0.2, 0.25) is 11.9 Å². The molecule has 0 radical (unpaired) electrons. The zero-order valence-electron chi connectivity index (χ0n) is 18.3. The lowest BCUT2D eigenvalue weighted by Gasteiger charge is -2.60. The summed E-state index contributed by atoms with van der Waals surface area (Å²) in [5.74, 6) is 2.26. The highest BCUT2D eigenvalue weighted by Crippen LogP contribution is 2.44. The molecule has 2 aromatic heterocycles. The second-order valence-electron chi connectivity index (χ2n) is 9.00. The Balaban J connectivity index is 1.30. The fraction of sp³-hybridized carbons (Fsp3) is 0.409. The molecule has 0 saturated carbocycles. The zero-order chi connectivity index (χ0) is 22.7. The molecule has 5 heterocycles. The van der Waals surface area contributed by atoms with E-state index in [0.717, 1.165) is 49.3 Å². The van der Waals surface area contributed by atoms with Crippen molar-refractivity contribution in [3.8, 4) is 5.69 Å². The number of aromatic nitrogens is 5. The van der Waals surface area contributed by atoms with Crippen LogP contribution in [0.3, 0.4) is 0 Å². The number of fused-ring (bicyclic) bond motifs is 3. The Morgan fingerprint density at radius 3 is 2.58 bits per heavy atom. The van der Waals surface area contributed by atoms with Crippen LogP contribution in [0.4, 0.5) is 16.7 Å². The van der Waals surface area contributed by atoms with Gasteiger partial charge in [0.15, 0.2) is 5.82 Å². The molecule has 170 valence electrons. The van der Waals surface area contributed by atoms with E-state index >= 15 is 0 Å². The van der Waals surface area contributed by atoms with Crippen molar-refractivity contribution in [3.63, 3.8) is 0 Å². The third kappa shape index (κ3) is 3.12. The lowest BCUT2D eigenvalue weighted by atomic mass is 9.73. The first kappa shape index (κ1) is 20.2. The van der Waals surface area contributed by atoms with Gasteiger partial charge in [0, 0.05) is 49.0 Å². The van der Waals surface area contributed by atoms with Crippen molar-refractivity contribution in [1.82, 2.24) is 29.6 Å². The van der Waals surface area contributed by atoms with E-state index in [1.165, 1.54) is 7.11 Å². The molecule has 3 aromatic rings. The maximum absolute atomic E-state index is 12.5. The van der Waals surface area contributed by atoms with Gasteiger partial charge in [0.1, 0.15) is 0 Å². The summed E-state index contributed by atoms with van der Waals surface area (Å²) in [5.41, 5.74) is 2.07. The Kier molecular flexibility index (Phi) is 4.48. The summed E-state index contributed by atoms with van der Waals surface area (Å²) in [7, 11) is 1.39. The van der Waals surface area contributed by atoms with Crippen LogP contribution in [-0.2, 0) is 11.3 Å². The van der Waals surface area contributed by atoms with Crippen molar-refractivity contribution < 1.29 is 9.53 Å². The van der Waals surface area contributed by atoms with E-state index < -0.39 is 6.09 Å². The van der Waals surface area contributed by atoms with Crippen LogP contribution >= 0.6 is 11.6 Å². The molecule has 1 spiro atoms. The van der Waals surface area contributed by atoms with E-state index in [1.54, 1.807) is 17.3 Å². The second kappa shape index (κ2) is 7.31. The standard InChI is InChI=1S/C22H23ClN8O2/c1-14-18-26-27-20(29-12-22(13-29)10-28(11-22)19-24-6-3-7-25-19)31(18)17-5-4-16(23)8-15(17)9-30(14)21(32)33-2/h3-8,14H,9-13H2,1-2H3. The molecule has 1 aromatic carbocycles. The van der Waals surface area contributed by atoms with E-state index in [4.69, 9.17) is 16.3 Å². The van der Waals surface area contributed by atoms with Gasteiger partial charge in [-0.2, -0.15) is 0 Å². The summed E-state index contributed by atoms with van der Waals surface area (Å²) in [5, 5.41) is 9.66. The third-order valence-corrected chi connectivity index (χ3v) is 7.00. The number of ether oxygens (including phenoxy) is 1. The van der Waals surface area contributed by atoms with Crippen LogP contribution in [0.5, 0.6) is 0 Å². The Hall–Kier alpha value is -3.40. The van der Waals surface area contributed by atoms with Gasteiger partial charge < -0.3 is 14.5 Å². The summed E-state index contributed by atoms with van der Waals surface area (Å²) in [4.78, 5) is 27.3. The summed E-state index contributed by atoms with van der Waals surface area (Å²) in [6.45, 7) is 5.93. The SMILES string of the molecule is COC(=O)N1Cc2cc(Cl)ccc2-n2c(nnc2N2CC3(CN(c4ncccn4)C3)C2)C1C. The molecule has 1 unspecified atom stereocenters. The highest BCUT2D eigenvalue weighted by atomic mass is 35.5. The van der Waals surface area contributed by atoms with Gasteiger partial charge in [-0.25, -0.2) is 14.8 Å². The van der Waals surface area contributed by atoms with Crippen LogP contribution in [0, 0.1) is 5.41 Å². The predicted molar refractivity (Wildman–Crippen MR) is 122 cm³/mol. The zero-order valence-corrected chi connectivity index (χ0v) is 19.1. The number of halogens is 1. The normalized spacial score (nSPS) is 20.5. The van der Waals surface area contributed by atoms with Crippen LogP contribution in [-0.4, -0.2) is 69.0 Å². The molecule has 0 aliphatic carbocycles. The van der Waals surface area contributed by atoms with E-state index in [-0.39, 0.29) is 11.5 Å². The van der Waals surface area contributed by atoms with Crippen LogP contribution in [0.15, 0.2) is 36.7 Å². The van der Waals surface area contributed by atoms with Crippen molar-refractivity contribution >= 4 is 29.6 Å². The van der Waals surface area contributed by atoms with Gasteiger partial charge >= 0.3 is 6.09 Å². The van der Waals surface area contributed by atoms with Gasteiger partial charge in [-0.3, -0.25) is 9.47 Å². The number of hydrogen-bond donors (Lipinski definition) is 0. The number of carbonyl (C=O) groups is 1. The lowest BCUT2D eigenvalue weighted by molar-refractivity contribution is 0.103. The maximum Gasteiger partial charge on any atom is 0.410 e. The highest BCUT2D eigenvalue weighted by Gasteiger charge is 2.54. The topological polar surface area (TPSA) is 92.5 Å². The molecule has 1 atom stereocenters. The van der Waals surface area contributed by atoms with E-state index in [9.17, 15) is 4.79 Å². The maximum atomic E-state index is 12.5. The highest BCUT2D eigenvalue weighted by molar-refractivity contribution is 6.30. The second-order valence-corrected chi connectivity index (χ2v) is 9.44. The van der Waals surface area contributed by atoms with E-state index in [0.29, 0.717) is 17.4 Å². The minimum atomic E-state index is -0.410. The first-order valence-electron chi connectivity index (χ1n) is 10.8. The van der Waals surface area contributed by atoms with Crippen LogP contribution in [0.2, 0.25) is 5.02 Å². The average molecular weight is 467 g/mol. The Morgan fingerprint density at radius 2 is 1.85 bits per heavy atom. The molecule has 10 nitrogen and oxygen atoms in total. The number of methoxy groups -OCH3 is 1. The van der Waals surface area contributed by atoms with Crippen molar-refractivity contribution in [2.75, 3.05) is 43.1 Å². The number of benzene rings is 1. The summed E-state index contributed by atoms with van der Waals surface area (Å²) in [6.07, 6.45) is 3.13. The number of nitrogens with zero attached hydrogens (tertiary/aromatic N) is 8. The molecule has 1 amide bonds.